The molecule has 0 bridgehead atoms. The van der Waals surface area contributed by atoms with Crippen molar-refractivity contribution in [3.63, 3.8) is 0 Å². The molecule has 0 radical (unpaired) electrons. The molecule has 4 rings (SSSR count). The first-order valence-corrected chi connectivity index (χ1v) is 8.46. The molecule has 21 heavy (non-hydrogen) atoms. The van der Waals surface area contributed by atoms with Crippen molar-refractivity contribution in [2.45, 2.75) is 63.9 Å². The molecule has 2 nitrogen and oxygen atoms in total. The van der Waals surface area contributed by atoms with Crippen molar-refractivity contribution in [2.75, 3.05) is 0 Å². The highest BCUT2D eigenvalue weighted by atomic mass is 16.3. The number of aliphatic hydroxyl groups is 1. The zero-order valence-electron chi connectivity index (χ0n) is 13.1. The van der Waals surface area contributed by atoms with E-state index in [1.54, 1.807) is 0 Å². The second kappa shape index (κ2) is 4.25. The van der Waals surface area contributed by atoms with Crippen molar-refractivity contribution in [1.82, 2.24) is 0 Å². The molecule has 2 fully saturated rings. The third-order valence-corrected chi connectivity index (χ3v) is 7.27. The summed E-state index contributed by atoms with van der Waals surface area (Å²) in [4.78, 5) is 0. The molecule has 5 atom stereocenters. The second-order valence-electron chi connectivity index (χ2n) is 8.07. The van der Waals surface area contributed by atoms with Gasteiger partial charge in [-0.25, -0.2) is 0 Å². The minimum atomic E-state index is -0.488. The first kappa shape index (κ1) is 13.6. The lowest BCUT2D eigenvalue weighted by Crippen LogP contribution is -2.49. The number of aromatic hydroxyl groups is 1. The van der Waals surface area contributed by atoms with Gasteiger partial charge in [0.15, 0.2) is 0 Å². The van der Waals surface area contributed by atoms with Crippen LogP contribution in [0, 0.1) is 17.3 Å². The smallest absolute Gasteiger partial charge is 0.115 e. The van der Waals surface area contributed by atoms with Crippen LogP contribution in [0.4, 0.5) is 0 Å². The molecule has 2 N–H and O–H groups in total. The molecule has 3 aliphatic carbocycles. The van der Waals surface area contributed by atoms with Crippen LogP contribution in [0.1, 0.15) is 63.0 Å². The molecular formula is C19H26O2. The monoisotopic (exact) mass is 286 g/mol. The van der Waals surface area contributed by atoms with E-state index in [2.05, 4.69) is 19.9 Å². The summed E-state index contributed by atoms with van der Waals surface area (Å²) in [5.74, 6) is 2.42. The third kappa shape index (κ3) is 1.75. The van der Waals surface area contributed by atoms with E-state index in [-0.39, 0.29) is 5.41 Å². The molecule has 0 aliphatic heterocycles. The Bertz CT molecular complexity index is 577. The van der Waals surface area contributed by atoms with E-state index >= 15 is 0 Å². The fourth-order valence-electron chi connectivity index (χ4n) is 5.81. The van der Waals surface area contributed by atoms with Crippen LogP contribution in [0.15, 0.2) is 18.2 Å². The molecule has 2 heteroatoms. The number of fused-ring (bicyclic) bond motifs is 5. The Kier molecular flexibility index (Phi) is 2.76. The SMILES string of the molecule is C[C@@]1(O)CC[C@H]2[C@H]3CCc4cc(O)ccc4[C@@H]3CC[C@]21C. The van der Waals surface area contributed by atoms with Gasteiger partial charge in [-0.3, -0.25) is 0 Å². The molecule has 3 aliphatic rings. The maximum absolute atomic E-state index is 10.8. The van der Waals surface area contributed by atoms with E-state index in [0.29, 0.717) is 17.6 Å². The quantitative estimate of drug-likeness (QED) is 0.757. The van der Waals surface area contributed by atoms with Crippen molar-refractivity contribution in [3.05, 3.63) is 29.3 Å². The summed E-state index contributed by atoms with van der Waals surface area (Å²) in [6.45, 7) is 4.38. The number of benzene rings is 1. The highest BCUT2D eigenvalue weighted by Crippen LogP contribution is 2.64. The molecule has 0 unspecified atom stereocenters. The van der Waals surface area contributed by atoms with Crippen molar-refractivity contribution < 1.29 is 10.2 Å². The largest absolute Gasteiger partial charge is 0.508 e. The van der Waals surface area contributed by atoms with Gasteiger partial charge in [0.2, 0.25) is 0 Å². The van der Waals surface area contributed by atoms with Gasteiger partial charge in [-0.1, -0.05) is 13.0 Å². The molecule has 0 amide bonds. The Morgan fingerprint density at radius 3 is 2.71 bits per heavy atom. The molecule has 1 aromatic rings. The predicted molar refractivity (Wildman–Crippen MR) is 83.3 cm³/mol. The van der Waals surface area contributed by atoms with Gasteiger partial charge in [-0.15, -0.1) is 0 Å². The van der Waals surface area contributed by atoms with Crippen LogP contribution in [0.3, 0.4) is 0 Å². The van der Waals surface area contributed by atoms with Gasteiger partial charge in [0.25, 0.3) is 0 Å². The van der Waals surface area contributed by atoms with E-state index < -0.39 is 5.60 Å². The molecule has 0 heterocycles. The van der Waals surface area contributed by atoms with E-state index in [0.717, 1.165) is 25.2 Å². The van der Waals surface area contributed by atoms with Gasteiger partial charge in [0.05, 0.1) is 5.60 Å². The molecule has 0 spiro atoms. The molecular weight excluding hydrogens is 260 g/mol. The van der Waals surface area contributed by atoms with Crippen LogP contribution in [0.5, 0.6) is 5.75 Å². The number of phenolic OH excluding ortho intramolecular Hbond substituents is 1. The lowest BCUT2D eigenvalue weighted by Gasteiger charge is -2.52. The Morgan fingerprint density at radius 2 is 1.90 bits per heavy atom. The van der Waals surface area contributed by atoms with Gasteiger partial charge in [-0.2, -0.15) is 0 Å². The van der Waals surface area contributed by atoms with Gasteiger partial charge in [0.1, 0.15) is 5.75 Å². The maximum Gasteiger partial charge on any atom is 0.115 e. The summed E-state index contributed by atoms with van der Waals surface area (Å²) in [5.41, 5.74) is 2.43. The average Bonchev–Trinajstić information content (AvgIpc) is 2.69. The first-order chi connectivity index (χ1) is 9.92. The highest BCUT2D eigenvalue weighted by molar-refractivity contribution is 5.40. The number of aryl methyl sites for hydroxylation is 1. The van der Waals surface area contributed by atoms with Crippen LogP contribution in [-0.2, 0) is 6.42 Å². The Balaban J connectivity index is 1.72. The third-order valence-electron chi connectivity index (χ3n) is 7.27. The van der Waals surface area contributed by atoms with E-state index in [1.165, 1.54) is 30.4 Å². The normalized spacial score (nSPS) is 44.8. The standard InChI is InChI=1S/C19H26O2/c1-18-9-7-15-14-6-4-13(20)11-12(14)3-5-16(15)17(18)8-10-19(18,2)21/h4,6,11,15-17,20-21H,3,5,7-10H2,1-2H3/t15-,16-,17-,18+,19+/m0/s1. The van der Waals surface area contributed by atoms with Crippen LogP contribution >= 0.6 is 0 Å². The minimum absolute atomic E-state index is 0.0998. The lowest BCUT2D eigenvalue weighted by molar-refractivity contribution is -0.0901. The fourth-order valence-corrected chi connectivity index (χ4v) is 5.81. The summed E-state index contributed by atoms with van der Waals surface area (Å²) < 4.78 is 0. The number of hydrogen-bond acceptors (Lipinski definition) is 2. The molecule has 1 aromatic carbocycles. The van der Waals surface area contributed by atoms with Crippen molar-refractivity contribution in [2.24, 2.45) is 17.3 Å². The summed E-state index contributed by atoms with van der Waals surface area (Å²) in [6, 6.07) is 5.96. The first-order valence-electron chi connectivity index (χ1n) is 8.46. The minimum Gasteiger partial charge on any atom is -0.508 e. The van der Waals surface area contributed by atoms with Crippen LogP contribution in [-0.4, -0.2) is 15.8 Å². The van der Waals surface area contributed by atoms with E-state index in [4.69, 9.17) is 0 Å². The Hall–Kier alpha value is -1.02. The summed E-state index contributed by atoms with van der Waals surface area (Å²) in [5, 5.41) is 20.5. The van der Waals surface area contributed by atoms with Crippen molar-refractivity contribution in [3.8, 4) is 5.75 Å². The van der Waals surface area contributed by atoms with Gasteiger partial charge >= 0.3 is 0 Å². The van der Waals surface area contributed by atoms with E-state index in [1.807, 2.05) is 12.1 Å². The molecule has 2 saturated carbocycles. The van der Waals surface area contributed by atoms with Gasteiger partial charge in [0, 0.05) is 0 Å². The molecule has 0 saturated heterocycles. The zero-order valence-corrected chi connectivity index (χ0v) is 13.1. The number of rotatable bonds is 0. The fraction of sp³-hybridized carbons (Fsp3) is 0.684. The molecule has 0 aromatic heterocycles. The summed E-state index contributed by atoms with van der Waals surface area (Å²) in [6.07, 6.45) is 6.76. The summed E-state index contributed by atoms with van der Waals surface area (Å²) in [7, 11) is 0. The van der Waals surface area contributed by atoms with Crippen LogP contribution in [0.25, 0.3) is 0 Å². The van der Waals surface area contributed by atoms with Gasteiger partial charge in [-0.05, 0) is 91.9 Å². The Labute approximate surface area is 127 Å². The van der Waals surface area contributed by atoms with Crippen molar-refractivity contribution >= 4 is 0 Å². The Morgan fingerprint density at radius 1 is 1.10 bits per heavy atom. The second-order valence-corrected chi connectivity index (χ2v) is 8.07. The topological polar surface area (TPSA) is 40.5 Å². The molecule has 114 valence electrons. The zero-order chi connectivity index (χ0) is 14.8. The van der Waals surface area contributed by atoms with Crippen LogP contribution < -0.4 is 0 Å². The number of phenols is 1. The lowest BCUT2D eigenvalue weighted by atomic mass is 9.53. The predicted octanol–water partition coefficient (Wildman–Crippen LogP) is 4.00. The highest BCUT2D eigenvalue weighted by Gasteiger charge is 2.59. The summed E-state index contributed by atoms with van der Waals surface area (Å²) >= 11 is 0. The van der Waals surface area contributed by atoms with Gasteiger partial charge < -0.3 is 10.2 Å². The van der Waals surface area contributed by atoms with E-state index in [9.17, 15) is 10.2 Å². The van der Waals surface area contributed by atoms with Crippen molar-refractivity contribution in [1.29, 1.82) is 0 Å². The maximum atomic E-state index is 10.8. The van der Waals surface area contributed by atoms with Crippen LogP contribution in [0.2, 0.25) is 0 Å². The average molecular weight is 286 g/mol. The number of hydrogen-bond donors (Lipinski definition) is 2.